The number of nitrogens with zero attached hydrogens (tertiary/aromatic N) is 1. The number of hydrogen-bond donors (Lipinski definition) is 0. The van der Waals surface area contributed by atoms with Gasteiger partial charge in [-0.1, -0.05) is 17.7 Å². The van der Waals surface area contributed by atoms with E-state index in [4.69, 9.17) is 4.74 Å². The Hall–Kier alpha value is -2.41. The van der Waals surface area contributed by atoms with Gasteiger partial charge in [-0.3, -0.25) is 9.10 Å². The first-order valence-corrected chi connectivity index (χ1v) is 9.21. The fourth-order valence-corrected chi connectivity index (χ4v) is 4.07. The number of aryl methyl sites for hydroxylation is 2. The number of carbonyl (C=O) groups is 1. The highest BCUT2D eigenvalue weighted by Crippen LogP contribution is 2.26. The van der Waals surface area contributed by atoms with Crippen molar-refractivity contribution in [3.05, 3.63) is 59.4 Å². The Kier molecular flexibility index (Phi) is 5.79. The maximum Gasteiger partial charge on any atom is 0.326 e. The van der Waals surface area contributed by atoms with Crippen LogP contribution < -0.4 is 4.31 Å². The van der Waals surface area contributed by atoms with Crippen LogP contribution in [0, 0.1) is 19.7 Å². The van der Waals surface area contributed by atoms with Crippen molar-refractivity contribution in [3.8, 4) is 0 Å². The van der Waals surface area contributed by atoms with Gasteiger partial charge >= 0.3 is 5.97 Å². The topological polar surface area (TPSA) is 63.7 Å². The zero-order valence-corrected chi connectivity index (χ0v) is 15.1. The molecule has 0 fully saturated rings. The van der Waals surface area contributed by atoms with Crippen molar-refractivity contribution >= 4 is 21.7 Å². The minimum absolute atomic E-state index is 0.0896. The lowest BCUT2D eigenvalue weighted by molar-refractivity contribution is -0.141. The molecule has 0 heterocycles. The summed E-state index contributed by atoms with van der Waals surface area (Å²) in [5, 5.41) is 0. The maximum atomic E-state index is 13.2. The van der Waals surface area contributed by atoms with Crippen LogP contribution in [0.3, 0.4) is 0 Å². The van der Waals surface area contributed by atoms with E-state index in [1.165, 1.54) is 18.2 Å². The zero-order valence-electron chi connectivity index (χ0n) is 14.3. The van der Waals surface area contributed by atoms with Gasteiger partial charge < -0.3 is 4.74 Å². The molecule has 0 N–H and O–H groups in total. The normalized spacial score (nSPS) is 11.2. The fourth-order valence-electron chi connectivity index (χ4n) is 2.45. The summed E-state index contributed by atoms with van der Waals surface area (Å²) >= 11 is 0. The molecule has 0 aliphatic heterocycles. The van der Waals surface area contributed by atoms with E-state index in [9.17, 15) is 17.6 Å². The average Bonchev–Trinajstić information content (AvgIpc) is 2.53. The lowest BCUT2D eigenvalue weighted by Crippen LogP contribution is -2.37. The number of sulfonamides is 1. The number of esters is 1. The van der Waals surface area contributed by atoms with Crippen LogP contribution in [0.15, 0.2) is 47.4 Å². The molecule has 2 aromatic rings. The first-order valence-electron chi connectivity index (χ1n) is 7.77. The second kappa shape index (κ2) is 7.65. The molecule has 0 unspecified atom stereocenters. The number of ether oxygens (including phenoxy) is 1. The van der Waals surface area contributed by atoms with Crippen molar-refractivity contribution in [3.63, 3.8) is 0 Å². The molecule has 2 aromatic carbocycles. The molecule has 0 radical (unpaired) electrons. The molecule has 0 amide bonds. The predicted octanol–water partition coefficient (Wildman–Crippen LogP) is 3.20. The van der Waals surface area contributed by atoms with E-state index in [0.717, 1.165) is 22.0 Å². The second-order valence-electron chi connectivity index (χ2n) is 5.56. The van der Waals surface area contributed by atoms with E-state index < -0.39 is 28.4 Å². The van der Waals surface area contributed by atoms with Crippen molar-refractivity contribution in [2.75, 3.05) is 17.5 Å². The number of carbonyl (C=O) groups excluding carboxylic acids is 1. The molecule has 0 saturated carbocycles. The van der Waals surface area contributed by atoms with Crippen LogP contribution in [0.1, 0.15) is 18.1 Å². The summed E-state index contributed by atoms with van der Waals surface area (Å²) in [6, 6.07) is 9.86. The lowest BCUT2D eigenvalue weighted by Gasteiger charge is -2.24. The molecule has 0 bridgehead atoms. The molecule has 0 aliphatic rings. The van der Waals surface area contributed by atoms with Crippen LogP contribution in [0.2, 0.25) is 0 Å². The molecular formula is C18H20FNO4S. The summed E-state index contributed by atoms with van der Waals surface area (Å²) in [4.78, 5) is 12.0. The van der Waals surface area contributed by atoms with E-state index in [1.54, 1.807) is 26.0 Å². The van der Waals surface area contributed by atoms with E-state index in [2.05, 4.69) is 0 Å². The van der Waals surface area contributed by atoms with Gasteiger partial charge in [0.15, 0.2) is 0 Å². The van der Waals surface area contributed by atoms with Crippen LogP contribution >= 0.6 is 0 Å². The first kappa shape index (κ1) is 18.9. The number of rotatable bonds is 6. The molecule has 0 spiro atoms. The van der Waals surface area contributed by atoms with Crippen LogP contribution in [-0.4, -0.2) is 27.5 Å². The predicted molar refractivity (Wildman–Crippen MR) is 93.5 cm³/mol. The fraction of sp³-hybridized carbons (Fsp3) is 0.278. The summed E-state index contributed by atoms with van der Waals surface area (Å²) in [6.45, 7) is 4.83. The van der Waals surface area contributed by atoms with Crippen LogP contribution in [-0.2, 0) is 19.6 Å². The highest BCUT2D eigenvalue weighted by molar-refractivity contribution is 7.93. The van der Waals surface area contributed by atoms with E-state index in [-0.39, 0.29) is 17.2 Å². The van der Waals surface area contributed by atoms with Crippen molar-refractivity contribution in [1.82, 2.24) is 0 Å². The molecule has 0 aliphatic carbocycles. The summed E-state index contributed by atoms with van der Waals surface area (Å²) in [5.41, 5.74) is 1.68. The largest absolute Gasteiger partial charge is 0.465 e. The molecule has 0 aromatic heterocycles. The number of halogens is 1. The summed E-state index contributed by atoms with van der Waals surface area (Å²) in [6.07, 6.45) is 0. The van der Waals surface area contributed by atoms with Crippen molar-refractivity contribution < 1.29 is 22.3 Å². The Bertz CT molecular complexity index is 863. The monoisotopic (exact) mass is 365 g/mol. The van der Waals surface area contributed by atoms with Crippen LogP contribution in [0.4, 0.5) is 10.1 Å². The third-order valence-corrected chi connectivity index (χ3v) is 5.53. The Morgan fingerprint density at radius 3 is 2.32 bits per heavy atom. The van der Waals surface area contributed by atoms with Gasteiger partial charge in [0.2, 0.25) is 0 Å². The zero-order chi connectivity index (χ0) is 18.6. The van der Waals surface area contributed by atoms with Gasteiger partial charge in [-0.15, -0.1) is 0 Å². The third-order valence-electron chi connectivity index (χ3n) is 3.59. The smallest absolute Gasteiger partial charge is 0.326 e. The summed E-state index contributed by atoms with van der Waals surface area (Å²) in [7, 11) is -4.02. The van der Waals surface area contributed by atoms with Crippen LogP contribution in [0.25, 0.3) is 0 Å². The number of hydrogen-bond acceptors (Lipinski definition) is 4. The maximum absolute atomic E-state index is 13.2. The van der Waals surface area contributed by atoms with Crippen molar-refractivity contribution in [2.45, 2.75) is 25.7 Å². The SMILES string of the molecule is CCOC(=O)CN(c1ccc(F)cc1)S(=O)(=O)c1ccc(C)cc1C. The van der Waals surface area contributed by atoms with Gasteiger partial charge in [0.1, 0.15) is 12.4 Å². The molecule has 5 nitrogen and oxygen atoms in total. The minimum Gasteiger partial charge on any atom is -0.465 e. The van der Waals surface area contributed by atoms with Gasteiger partial charge in [-0.05, 0) is 56.7 Å². The minimum atomic E-state index is -4.02. The molecule has 0 atom stereocenters. The molecule has 2 rings (SSSR count). The van der Waals surface area contributed by atoms with Gasteiger partial charge in [0.05, 0.1) is 17.2 Å². The Morgan fingerprint density at radius 1 is 1.12 bits per heavy atom. The van der Waals surface area contributed by atoms with Crippen LogP contribution in [0.5, 0.6) is 0 Å². The van der Waals surface area contributed by atoms with Gasteiger partial charge in [0, 0.05) is 0 Å². The van der Waals surface area contributed by atoms with E-state index >= 15 is 0 Å². The summed E-state index contributed by atoms with van der Waals surface area (Å²) in [5.74, 6) is -1.18. The Labute approximate surface area is 147 Å². The molecule has 134 valence electrons. The first-order chi connectivity index (χ1) is 11.8. The lowest BCUT2D eigenvalue weighted by atomic mass is 10.2. The highest BCUT2D eigenvalue weighted by Gasteiger charge is 2.29. The molecule has 25 heavy (non-hydrogen) atoms. The van der Waals surface area contributed by atoms with Crippen molar-refractivity contribution in [2.24, 2.45) is 0 Å². The Morgan fingerprint density at radius 2 is 1.76 bits per heavy atom. The quantitative estimate of drug-likeness (QED) is 0.738. The van der Waals surface area contributed by atoms with Gasteiger partial charge in [-0.2, -0.15) is 0 Å². The number of benzene rings is 2. The van der Waals surface area contributed by atoms with Gasteiger partial charge in [0.25, 0.3) is 10.0 Å². The number of anilines is 1. The average molecular weight is 365 g/mol. The second-order valence-corrected chi connectivity index (χ2v) is 7.39. The van der Waals surface area contributed by atoms with E-state index in [0.29, 0.717) is 5.56 Å². The molecule has 7 heteroatoms. The Balaban J connectivity index is 2.52. The highest BCUT2D eigenvalue weighted by atomic mass is 32.2. The van der Waals surface area contributed by atoms with Crippen molar-refractivity contribution in [1.29, 1.82) is 0 Å². The molecule has 0 saturated heterocycles. The van der Waals surface area contributed by atoms with E-state index in [1.807, 2.05) is 6.92 Å². The third kappa shape index (κ3) is 4.36. The summed E-state index contributed by atoms with van der Waals surface area (Å²) < 4.78 is 45.2. The standard InChI is InChI=1S/C18H20FNO4S/c1-4-24-18(21)12-20(16-8-6-15(19)7-9-16)25(22,23)17-10-5-13(2)11-14(17)3/h5-11H,4,12H2,1-3H3. The van der Waals surface area contributed by atoms with Gasteiger partial charge in [-0.25, -0.2) is 12.8 Å². The molecular weight excluding hydrogens is 345 g/mol.